The second-order valence-electron chi connectivity index (χ2n) is 2.76. The van der Waals surface area contributed by atoms with Crippen molar-refractivity contribution in [3.63, 3.8) is 0 Å². The molecule has 0 unspecified atom stereocenters. The predicted octanol–water partition coefficient (Wildman–Crippen LogP) is 1.88. The first-order valence-corrected chi connectivity index (χ1v) is 4.62. The number of para-hydroxylation sites is 1. The average Bonchev–Trinajstić information content (AvgIpc) is 2.28. The van der Waals surface area contributed by atoms with Gasteiger partial charge in [0.15, 0.2) is 11.5 Å². The SMILES string of the molecule is CCOc1c(OC)cccc1C(=O)OC. The molecule has 0 heterocycles. The van der Waals surface area contributed by atoms with Gasteiger partial charge in [0, 0.05) is 0 Å². The Bertz CT molecular complexity index is 346. The van der Waals surface area contributed by atoms with E-state index < -0.39 is 5.97 Å². The van der Waals surface area contributed by atoms with Crippen LogP contribution in [0.3, 0.4) is 0 Å². The molecule has 0 aliphatic heterocycles. The molecule has 0 saturated heterocycles. The lowest BCUT2D eigenvalue weighted by molar-refractivity contribution is 0.0595. The Morgan fingerprint density at radius 2 is 2.07 bits per heavy atom. The smallest absolute Gasteiger partial charge is 0.341 e. The molecule has 0 radical (unpaired) electrons. The van der Waals surface area contributed by atoms with E-state index in [0.717, 1.165) is 0 Å². The number of carbonyl (C=O) groups excluding carboxylic acids is 1. The summed E-state index contributed by atoms with van der Waals surface area (Å²) in [5.41, 5.74) is 0.374. The second kappa shape index (κ2) is 5.24. The van der Waals surface area contributed by atoms with Crippen LogP contribution in [0.25, 0.3) is 0 Å². The number of hydrogen-bond donors (Lipinski definition) is 0. The molecule has 15 heavy (non-hydrogen) atoms. The number of hydrogen-bond acceptors (Lipinski definition) is 4. The molecule has 1 rings (SSSR count). The van der Waals surface area contributed by atoms with Gasteiger partial charge in [-0.1, -0.05) is 6.07 Å². The third-order valence-corrected chi connectivity index (χ3v) is 1.89. The molecule has 0 aromatic heterocycles. The zero-order valence-electron chi connectivity index (χ0n) is 9.07. The van der Waals surface area contributed by atoms with Crippen molar-refractivity contribution < 1.29 is 19.0 Å². The fraction of sp³-hybridized carbons (Fsp3) is 0.364. The van der Waals surface area contributed by atoms with Crippen molar-refractivity contribution in [2.24, 2.45) is 0 Å². The van der Waals surface area contributed by atoms with Crippen LogP contribution in [0, 0.1) is 0 Å². The van der Waals surface area contributed by atoms with E-state index >= 15 is 0 Å². The first-order chi connectivity index (χ1) is 7.24. The molecule has 0 fully saturated rings. The summed E-state index contributed by atoms with van der Waals surface area (Å²) in [6.45, 7) is 2.30. The van der Waals surface area contributed by atoms with Gasteiger partial charge in [0.05, 0.1) is 20.8 Å². The Morgan fingerprint density at radius 3 is 2.60 bits per heavy atom. The Kier molecular flexibility index (Phi) is 3.97. The summed E-state index contributed by atoms with van der Waals surface area (Å²) in [5.74, 6) is 0.520. The lowest BCUT2D eigenvalue weighted by Crippen LogP contribution is -2.06. The van der Waals surface area contributed by atoms with E-state index in [9.17, 15) is 4.79 Å². The average molecular weight is 210 g/mol. The maximum absolute atomic E-state index is 11.4. The van der Waals surface area contributed by atoms with Crippen molar-refractivity contribution >= 4 is 5.97 Å². The van der Waals surface area contributed by atoms with Gasteiger partial charge in [0.2, 0.25) is 0 Å². The van der Waals surface area contributed by atoms with E-state index in [2.05, 4.69) is 4.74 Å². The summed E-state index contributed by atoms with van der Waals surface area (Å²) in [6, 6.07) is 5.09. The van der Waals surface area contributed by atoms with Crippen molar-refractivity contribution in [3.05, 3.63) is 23.8 Å². The Labute approximate surface area is 88.8 Å². The summed E-state index contributed by atoms with van der Waals surface area (Å²) in [4.78, 5) is 11.4. The lowest BCUT2D eigenvalue weighted by Gasteiger charge is -2.12. The minimum absolute atomic E-state index is 0.374. The number of esters is 1. The third-order valence-electron chi connectivity index (χ3n) is 1.89. The molecule has 0 aliphatic carbocycles. The molecule has 0 amide bonds. The van der Waals surface area contributed by atoms with E-state index in [4.69, 9.17) is 9.47 Å². The largest absolute Gasteiger partial charge is 0.493 e. The molecular formula is C11H14O4. The quantitative estimate of drug-likeness (QED) is 0.712. The van der Waals surface area contributed by atoms with Crippen LogP contribution < -0.4 is 9.47 Å². The molecule has 0 saturated carbocycles. The van der Waals surface area contributed by atoms with Crippen molar-refractivity contribution in [1.82, 2.24) is 0 Å². The summed E-state index contributed by atoms with van der Waals surface area (Å²) in [5, 5.41) is 0. The molecule has 1 aromatic rings. The summed E-state index contributed by atoms with van der Waals surface area (Å²) in [6.07, 6.45) is 0. The van der Waals surface area contributed by atoms with Crippen LogP contribution in [0.4, 0.5) is 0 Å². The number of ether oxygens (including phenoxy) is 3. The number of rotatable bonds is 4. The molecule has 0 aliphatic rings. The highest BCUT2D eigenvalue weighted by molar-refractivity contribution is 5.93. The van der Waals surface area contributed by atoms with Crippen LogP contribution in [0.2, 0.25) is 0 Å². The van der Waals surface area contributed by atoms with Crippen LogP contribution in [-0.2, 0) is 4.74 Å². The standard InChI is InChI=1S/C11H14O4/c1-4-15-10-8(11(12)14-3)6-5-7-9(10)13-2/h5-7H,4H2,1-3H3. The normalized spacial score (nSPS) is 9.53. The molecule has 4 nitrogen and oxygen atoms in total. The maximum Gasteiger partial charge on any atom is 0.341 e. The highest BCUT2D eigenvalue weighted by Crippen LogP contribution is 2.31. The van der Waals surface area contributed by atoms with Crippen molar-refractivity contribution in [2.45, 2.75) is 6.92 Å². The zero-order chi connectivity index (χ0) is 11.3. The topological polar surface area (TPSA) is 44.8 Å². The molecule has 0 bridgehead atoms. The molecule has 82 valence electrons. The summed E-state index contributed by atoms with van der Waals surface area (Å²) < 4.78 is 15.1. The number of benzene rings is 1. The van der Waals surface area contributed by atoms with Crippen LogP contribution in [0.15, 0.2) is 18.2 Å². The van der Waals surface area contributed by atoms with Gasteiger partial charge in [0.25, 0.3) is 0 Å². The van der Waals surface area contributed by atoms with Crippen LogP contribution >= 0.6 is 0 Å². The van der Waals surface area contributed by atoms with Crippen LogP contribution in [-0.4, -0.2) is 26.8 Å². The van der Waals surface area contributed by atoms with Gasteiger partial charge >= 0.3 is 5.97 Å². The zero-order valence-corrected chi connectivity index (χ0v) is 9.07. The molecule has 0 spiro atoms. The summed E-state index contributed by atoms with van der Waals surface area (Å²) in [7, 11) is 2.86. The molecule has 1 aromatic carbocycles. The van der Waals surface area contributed by atoms with Crippen molar-refractivity contribution in [3.8, 4) is 11.5 Å². The third kappa shape index (κ3) is 2.40. The number of carbonyl (C=O) groups is 1. The van der Waals surface area contributed by atoms with E-state index in [1.54, 1.807) is 18.2 Å². The molecule has 0 atom stereocenters. The highest BCUT2D eigenvalue weighted by atomic mass is 16.5. The van der Waals surface area contributed by atoms with E-state index in [1.165, 1.54) is 14.2 Å². The van der Waals surface area contributed by atoms with Gasteiger partial charge in [-0.25, -0.2) is 4.79 Å². The first kappa shape index (κ1) is 11.4. The van der Waals surface area contributed by atoms with Gasteiger partial charge in [-0.2, -0.15) is 0 Å². The van der Waals surface area contributed by atoms with Crippen molar-refractivity contribution in [1.29, 1.82) is 0 Å². The fourth-order valence-electron chi connectivity index (χ4n) is 1.24. The first-order valence-electron chi connectivity index (χ1n) is 4.62. The van der Waals surface area contributed by atoms with Crippen LogP contribution in [0.5, 0.6) is 11.5 Å². The molecular weight excluding hydrogens is 196 g/mol. The van der Waals surface area contributed by atoms with E-state index in [0.29, 0.717) is 23.7 Å². The Balaban J connectivity index is 3.18. The van der Waals surface area contributed by atoms with E-state index in [1.807, 2.05) is 6.92 Å². The van der Waals surface area contributed by atoms with Gasteiger partial charge < -0.3 is 14.2 Å². The van der Waals surface area contributed by atoms with E-state index in [-0.39, 0.29) is 0 Å². The Hall–Kier alpha value is -1.71. The van der Waals surface area contributed by atoms with Gasteiger partial charge in [-0.15, -0.1) is 0 Å². The van der Waals surface area contributed by atoms with Gasteiger partial charge in [-0.05, 0) is 19.1 Å². The monoisotopic (exact) mass is 210 g/mol. The van der Waals surface area contributed by atoms with Gasteiger partial charge in [-0.3, -0.25) is 0 Å². The lowest BCUT2D eigenvalue weighted by atomic mass is 10.2. The second-order valence-corrected chi connectivity index (χ2v) is 2.76. The van der Waals surface area contributed by atoms with Gasteiger partial charge in [0.1, 0.15) is 5.56 Å². The maximum atomic E-state index is 11.4. The minimum atomic E-state index is -0.433. The number of methoxy groups -OCH3 is 2. The predicted molar refractivity (Wildman–Crippen MR) is 55.5 cm³/mol. The van der Waals surface area contributed by atoms with Crippen LogP contribution in [0.1, 0.15) is 17.3 Å². The molecule has 0 N–H and O–H groups in total. The molecule has 4 heteroatoms. The van der Waals surface area contributed by atoms with Crippen molar-refractivity contribution in [2.75, 3.05) is 20.8 Å². The summed E-state index contributed by atoms with van der Waals surface area (Å²) >= 11 is 0. The minimum Gasteiger partial charge on any atom is -0.493 e. The Morgan fingerprint density at radius 1 is 1.33 bits per heavy atom. The highest BCUT2D eigenvalue weighted by Gasteiger charge is 2.16. The fourth-order valence-corrected chi connectivity index (χ4v) is 1.24.